The molecule has 24 heavy (non-hydrogen) atoms. The van der Waals surface area contributed by atoms with E-state index in [9.17, 15) is 5.11 Å². The van der Waals surface area contributed by atoms with Crippen molar-refractivity contribution in [3.8, 4) is 0 Å². The van der Waals surface area contributed by atoms with Crippen molar-refractivity contribution < 1.29 is 5.11 Å². The molecule has 1 aromatic heterocycles. The molecule has 1 aromatic rings. The van der Waals surface area contributed by atoms with Crippen LogP contribution in [0.5, 0.6) is 0 Å². The maximum Gasteiger partial charge on any atom is 0.110 e. The molecule has 1 heterocycles. The number of aryl methyl sites for hydroxylation is 2. The van der Waals surface area contributed by atoms with Crippen LogP contribution in [0.25, 0.3) is 0 Å². The monoisotopic (exact) mass is 337 g/mol. The quantitative estimate of drug-likeness (QED) is 0.469. The molecule has 0 saturated heterocycles. The fourth-order valence-corrected chi connectivity index (χ4v) is 3.42. The number of rotatable bonds is 14. The number of imidazole rings is 1. The lowest BCUT2D eigenvalue weighted by Gasteiger charge is -2.18. The molecule has 1 atom stereocenters. The van der Waals surface area contributed by atoms with Crippen LogP contribution < -0.4 is 5.73 Å². The molecule has 0 bridgehead atoms. The number of hydrogen-bond donors (Lipinski definition) is 2. The summed E-state index contributed by atoms with van der Waals surface area (Å²) in [5.74, 6) is 1.06. The van der Waals surface area contributed by atoms with Crippen LogP contribution in [0.2, 0.25) is 0 Å². The molecule has 0 aliphatic heterocycles. The van der Waals surface area contributed by atoms with Gasteiger partial charge in [-0.05, 0) is 19.8 Å². The minimum atomic E-state index is -0.0630. The lowest BCUT2D eigenvalue weighted by molar-refractivity contribution is 0.262. The van der Waals surface area contributed by atoms with Crippen molar-refractivity contribution in [2.45, 2.75) is 111 Å². The van der Waals surface area contributed by atoms with Gasteiger partial charge in [-0.2, -0.15) is 0 Å². The zero-order chi connectivity index (χ0) is 17.8. The van der Waals surface area contributed by atoms with Gasteiger partial charge < -0.3 is 15.4 Å². The molecule has 0 spiro atoms. The van der Waals surface area contributed by atoms with Gasteiger partial charge in [0, 0.05) is 6.42 Å². The van der Waals surface area contributed by atoms with Crippen LogP contribution in [0.4, 0.5) is 0 Å². The first-order valence-corrected chi connectivity index (χ1v) is 10.1. The second-order valence-electron chi connectivity index (χ2n) is 7.02. The van der Waals surface area contributed by atoms with Crippen molar-refractivity contribution in [2.75, 3.05) is 0 Å². The van der Waals surface area contributed by atoms with Crippen LogP contribution in [0.15, 0.2) is 0 Å². The van der Waals surface area contributed by atoms with Crippen molar-refractivity contribution in [3.63, 3.8) is 0 Å². The first-order chi connectivity index (χ1) is 11.7. The predicted molar refractivity (Wildman–Crippen MR) is 102 cm³/mol. The fourth-order valence-electron chi connectivity index (χ4n) is 3.42. The van der Waals surface area contributed by atoms with E-state index in [-0.39, 0.29) is 12.8 Å². The third-order valence-corrected chi connectivity index (χ3v) is 4.85. The molecular formula is C20H39N3O. The molecule has 4 heteroatoms. The highest BCUT2D eigenvalue weighted by Gasteiger charge is 2.17. The largest absolute Gasteiger partial charge is 0.390 e. The average Bonchev–Trinajstić information content (AvgIpc) is 2.89. The van der Waals surface area contributed by atoms with E-state index in [4.69, 9.17) is 5.73 Å². The summed E-state index contributed by atoms with van der Waals surface area (Å²) in [4.78, 5) is 4.68. The second-order valence-corrected chi connectivity index (χ2v) is 7.02. The highest BCUT2D eigenvalue weighted by molar-refractivity contribution is 5.16. The Labute approximate surface area is 148 Å². The van der Waals surface area contributed by atoms with Crippen molar-refractivity contribution in [2.24, 2.45) is 5.73 Å². The van der Waals surface area contributed by atoms with Crippen molar-refractivity contribution in [1.82, 2.24) is 9.55 Å². The number of aliphatic hydroxyl groups is 1. The fraction of sp³-hybridized carbons (Fsp3) is 0.850. The van der Waals surface area contributed by atoms with Gasteiger partial charge in [0.05, 0.1) is 24.2 Å². The Balaban J connectivity index is 2.39. The summed E-state index contributed by atoms with van der Waals surface area (Å²) in [6.07, 6.45) is 14.8. The van der Waals surface area contributed by atoms with E-state index < -0.39 is 0 Å². The van der Waals surface area contributed by atoms with Crippen molar-refractivity contribution >= 4 is 0 Å². The van der Waals surface area contributed by atoms with Gasteiger partial charge in [0.1, 0.15) is 5.82 Å². The van der Waals surface area contributed by atoms with E-state index in [0.29, 0.717) is 0 Å². The Morgan fingerprint density at radius 1 is 0.958 bits per heavy atom. The number of aromatic nitrogens is 2. The summed E-state index contributed by atoms with van der Waals surface area (Å²) < 4.78 is 2.09. The summed E-state index contributed by atoms with van der Waals surface area (Å²) in [6.45, 7) is 6.40. The number of aliphatic hydroxyl groups excluding tert-OH is 1. The lowest BCUT2D eigenvalue weighted by Crippen LogP contribution is -2.23. The lowest BCUT2D eigenvalue weighted by atomic mass is 10.1. The Bertz CT molecular complexity index is 442. The first-order valence-electron chi connectivity index (χ1n) is 10.1. The van der Waals surface area contributed by atoms with Crippen LogP contribution in [0.3, 0.4) is 0 Å². The Morgan fingerprint density at radius 2 is 1.54 bits per heavy atom. The zero-order valence-corrected chi connectivity index (χ0v) is 16.2. The normalized spacial score (nSPS) is 12.7. The van der Waals surface area contributed by atoms with Crippen LogP contribution in [-0.2, 0) is 13.0 Å². The highest BCUT2D eigenvalue weighted by Crippen LogP contribution is 2.20. The molecule has 1 unspecified atom stereocenters. The average molecular weight is 338 g/mol. The minimum absolute atomic E-state index is 0.0218. The summed E-state index contributed by atoms with van der Waals surface area (Å²) >= 11 is 0. The van der Waals surface area contributed by atoms with Gasteiger partial charge >= 0.3 is 0 Å². The third kappa shape index (κ3) is 6.94. The van der Waals surface area contributed by atoms with Crippen LogP contribution in [0.1, 0.15) is 108 Å². The summed E-state index contributed by atoms with van der Waals surface area (Å²) in [5.41, 5.74) is 8.13. The van der Waals surface area contributed by atoms with Gasteiger partial charge in [0.25, 0.3) is 0 Å². The molecule has 0 aliphatic carbocycles. The van der Waals surface area contributed by atoms with Crippen LogP contribution >= 0.6 is 0 Å². The molecular weight excluding hydrogens is 298 g/mol. The van der Waals surface area contributed by atoms with E-state index in [1.807, 2.05) is 6.92 Å². The van der Waals surface area contributed by atoms with Crippen LogP contribution in [0, 0.1) is 6.92 Å². The van der Waals surface area contributed by atoms with Gasteiger partial charge in [0.2, 0.25) is 0 Å². The SMILES string of the molecule is CCCCCCCCCCCc1nc(C)c(CO)n1C(N)CCC. The molecule has 140 valence electrons. The molecule has 0 fully saturated rings. The van der Waals surface area contributed by atoms with E-state index in [1.165, 1.54) is 51.4 Å². The van der Waals surface area contributed by atoms with Gasteiger partial charge in [-0.3, -0.25) is 0 Å². The summed E-state index contributed by atoms with van der Waals surface area (Å²) in [5, 5.41) is 9.64. The van der Waals surface area contributed by atoms with Gasteiger partial charge in [-0.15, -0.1) is 0 Å². The van der Waals surface area contributed by atoms with Crippen LogP contribution in [-0.4, -0.2) is 14.7 Å². The number of hydrogen-bond acceptors (Lipinski definition) is 3. The Hall–Kier alpha value is -0.870. The van der Waals surface area contributed by atoms with E-state index in [2.05, 4.69) is 23.4 Å². The molecule has 1 rings (SSSR count). The topological polar surface area (TPSA) is 64.1 Å². The molecule has 3 N–H and O–H groups in total. The van der Waals surface area contributed by atoms with E-state index >= 15 is 0 Å². The first kappa shape index (κ1) is 21.2. The second kappa shape index (κ2) is 12.5. The maximum absolute atomic E-state index is 9.64. The Morgan fingerprint density at radius 3 is 2.08 bits per heavy atom. The Kier molecular flexibility index (Phi) is 11.0. The maximum atomic E-state index is 9.64. The number of nitrogens with two attached hydrogens (primary N) is 1. The molecule has 0 amide bonds. The van der Waals surface area contributed by atoms with Crippen molar-refractivity contribution in [1.29, 1.82) is 0 Å². The summed E-state index contributed by atoms with van der Waals surface area (Å²) in [7, 11) is 0. The molecule has 0 aliphatic rings. The van der Waals surface area contributed by atoms with Gasteiger partial charge in [-0.1, -0.05) is 71.6 Å². The molecule has 0 aromatic carbocycles. The van der Waals surface area contributed by atoms with E-state index in [1.54, 1.807) is 0 Å². The number of nitrogens with zero attached hydrogens (tertiary/aromatic N) is 2. The van der Waals surface area contributed by atoms with E-state index in [0.717, 1.165) is 42.9 Å². The van der Waals surface area contributed by atoms with Crippen molar-refractivity contribution in [3.05, 3.63) is 17.2 Å². The number of unbranched alkanes of at least 4 members (excludes halogenated alkanes) is 8. The molecule has 0 radical (unpaired) electrons. The summed E-state index contributed by atoms with van der Waals surface area (Å²) in [6, 6.07) is 0. The molecule has 4 nitrogen and oxygen atoms in total. The van der Waals surface area contributed by atoms with Gasteiger partial charge in [-0.25, -0.2) is 4.98 Å². The van der Waals surface area contributed by atoms with Gasteiger partial charge in [0.15, 0.2) is 0 Å². The highest BCUT2D eigenvalue weighted by atomic mass is 16.3. The molecule has 0 saturated carbocycles. The zero-order valence-electron chi connectivity index (χ0n) is 16.2. The standard InChI is InChI=1S/C20H39N3O/c1-4-6-7-8-9-10-11-12-13-15-20-22-17(3)18(16-24)23(20)19(21)14-5-2/h19,24H,4-16,21H2,1-3H3. The minimum Gasteiger partial charge on any atom is -0.390 e. The third-order valence-electron chi connectivity index (χ3n) is 4.85. The predicted octanol–water partition coefficient (Wildman–Crippen LogP) is 5.01. The smallest absolute Gasteiger partial charge is 0.110 e.